The van der Waals surface area contributed by atoms with Gasteiger partial charge in [0.1, 0.15) is 5.75 Å². The molecule has 0 aliphatic rings. The zero-order valence-corrected chi connectivity index (χ0v) is 6.64. The van der Waals surface area contributed by atoms with Gasteiger partial charge in [-0.1, -0.05) is 12.1 Å². The molecule has 1 aromatic rings. The van der Waals surface area contributed by atoms with Crippen LogP contribution in [0.3, 0.4) is 0 Å². The molecule has 3 nitrogen and oxygen atoms in total. The lowest BCUT2D eigenvalue weighted by atomic mass is 9.83. The summed E-state index contributed by atoms with van der Waals surface area (Å²) in [6, 6.07) is 6.76. The first kappa shape index (κ1) is 9.10. The van der Waals surface area contributed by atoms with Gasteiger partial charge in [-0.25, -0.2) is 0 Å². The second-order valence-corrected chi connectivity index (χ2v) is 2.69. The van der Waals surface area contributed by atoms with Crippen molar-refractivity contribution >= 4 is 7.12 Å². The fourth-order valence-corrected chi connectivity index (χ4v) is 1.01. The molecule has 0 bridgehead atoms. The van der Waals surface area contributed by atoms with E-state index >= 15 is 0 Å². The number of rotatable bonds is 3. The summed E-state index contributed by atoms with van der Waals surface area (Å²) in [6.45, 7) is 0. The Hall–Kier alpha value is -0.995. The topological polar surface area (TPSA) is 60.7 Å². The molecule has 1 rings (SSSR count). The minimum absolute atomic E-state index is 0.208. The van der Waals surface area contributed by atoms with Gasteiger partial charge in [-0.3, -0.25) is 0 Å². The summed E-state index contributed by atoms with van der Waals surface area (Å²) in [5.74, 6) is 0.208. The van der Waals surface area contributed by atoms with Crippen LogP contribution in [0.2, 0.25) is 6.32 Å². The highest BCUT2D eigenvalue weighted by Gasteiger charge is 2.06. The fraction of sp³-hybridized carbons (Fsp3) is 0.250. The Kier molecular flexibility index (Phi) is 3.14. The third kappa shape index (κ3) is 2.94. The van der Waals surface area contributed by atoms with Gasteiger partial charge in [-0.2, -0.15) is 0 Å². The largest absolute Gasteiger partial charge is 0.508 e. The Balaban J connectivity index is 2.52. The highest BCUT2D eigenvalue weighted by molar-refractivity contribution is 6.40. The second kappa shape index (κ2) is 4.14. The number of aryl methyl sites for hydroxylation is 1. The highest BCUT2D eigenvalue weighted by atomic mass is 16.4. The van der Waals surface area contributed by atoms with Gasteiger partial charge >= 0.3 is 7.12 Å². The first-order valence-corrected chi connectivity index (χ1v) is 3.82. The molecule has 0 aromatic heterocycles. The molecule has 1 aromatic carbocycles. The quantitative estimate of drug-likeness (QED) is 0.569. The summed E-state index contributed by atoms with van der Waals surface area (Å²) >= 11 is 0. The van der Waals surface area contributed by atoms with Crippen LogP contribution in [0, 0.1) is 0 Å². The van der Waals surface area contributed by atoms with Crippen molar-refractivity contribution in [3.05, 3.63) is 29.8 Å². The van der Waals surface area contributed by atoms with Crippen LogP contribution in [0.1, 0.15) is 5.56 Å². The van der Waals surface area contributed by atoms with Gasteiger partial charge in [0.2, 0.25) is 0 Å². The molecule has 0 unspecified atom stereocenters. The molecular weight excluding hydrogens is 155 g/mol. The van der Waals surface area contributed by atoms with Crippen molar-refractivity contribution < 1.29 is 15.2 Å². The van der Waals surface area contributed by atoms with Crippen molar-refractivity contribution in [3.63, 3.8) is 0 Å². The Morgan fingerprint density at radius 1 is 1.25 bits per heavy atom. The number of hydrogen-bond donors (Lipinski definition) is 3. The maximum absolute atomic E-state index is 9.05. The van der Waals surface area contributed by atoms with Crippen LogP contribution in [0.25, 0.3) is 0 Å². The average molecular weight is 166 g/mol. The molecule has 0 heterocycles. The predicted molar refractivity (Wildman–Crippen MR) is 46.8 cm³/mol. The SMILES string of the molecule is OB(O)CCc1cccc(O)c1. The molecule has 0 saturated heterocycles. The van der Waals surface area contributed by atoms with Crippen molar-refractivity contribution in [2.24, 2.45) is 0 Å². The summed E-state index contributed by atoms with van der Waals surface area (Å²) < 4.78 is 0. The molecule has 0 aliphatic heterocycles. The van der Waals surface area contributed by atoms with Crippen LogP contribution < -0.4 is 0 Å². The van der Waals surface area contributed by atoms with Crippen LogP contribution in [-0.2, 0) is 6.42 Å². The van der Waals surface area contributed by atoms with E-state index in [0.717, 1.165) is 5.56 Å². The van der Waals surface area contributed by atoms with Gasteiger partial charge in [-0.15, -0.1) is 0 Å². The molecule has 4 heteroatoms. The van der Waals surface area contributed by atoms with Gasteiger partial charge in [0.25, 0.3) is 0 Å². The third-order valence-corrected chi connectivity index (χ3v) is 1.60. The molecule has 0 radical (unpaired) electrons. The minimum Gasteiger partial charge on any atom is -0.508 e. The summed E-state index contributed by atoms with van der Waals surface area (Å²) in [7, 11) is -1.27. The Morgan fingerprint density at radius 2 is 2.00 bits per heavy atom. The number of phenols is 1. The average Bonchev–Trinajstić information content (AvgIpc) is 2.01. The molecule has 0 atom stereocenters. The van der Waals surface area contributed by atoms with E-state index < -0.39 is 7.12 Å². The molecule has 12 heavy (non-hydrogen) atoms. The summed E-state index contributed by atoms with van der Waals surface area (Å²) in [5.41, 5.74) is 0.906. The van der Waals surface area contributed by atoms with E-state index in [1.165, 1.54) is 0 Å². The van der Waals surface area contributed by atoms with E-state index in [9.17, 15) is 0 Å². The van der Waals surface area contributed by atoms with E-state index in [0.29, 0.717) is 12.7 Å². The molecule has 0 amide bonds. The van der Waals surface area contributed by atoms with Crippen LogP contribution in [0.15, 0.2) is 24.3 Å². The minimum atomic E-state index is -1.27. The van der Waals surface area contributed by atoms with Gasteiger partial charge in [-0.05, 0) is 30.4 Å². The van der Waals surface area contributed by atoms with E-state index in [2.05, 4.69) is 0 Å². The Morgan fingerprint density at radius 3 is 2.58 bits per heavy atom. The van der Waals surface area contributed by atoms with Crippen LogP contribution in [-0.4, -0.2) is 22.3 Å². The van der Waals surface area contributed by atoms with Crippen molar-refractivity contribution in [3.8, 4) is 5.75 Å². The Bertz CT molecular complexity index is 250. The molecular formula is C8H11BO3. The standard InChI is InChI=1S/C8H11BO3/c10-8-3-1-2-7(6-8)4-5-9(11)12/h1-3,6,10-12H,4-5H2. The van der Waals surface area contributed by atoms with E-state index in [1.54, 1.807) is 18.2 Å². The summed E-state index contributed by atoms with van der Waals surface area (Å²) in [6.07, 6.45) is 0.857. The van der Waals surface area contributed by atoms with Gasteiger partial charge in [0.15, 0.2) is 0 Å². The van der Waals surface area contributed by atoms with Crippen LogP contribution in [0.4, 0.5) is 0 Å². The smallest absolute Gasteiger partial charge is 0.451 e. The number of phenolic OH excluding ortho intramolecular Hbond substituents is 1. The zero-order chi connectivity index (χ0) is 8.97. The second-order valence-electron chi connectivity index (χ2n) is 2.69. The number of hydrogen-bond acceptors (Lipinski definition) is 3. The molecule has 0 aliphatic carbocycles. The van der Waals surface area contributed by atoms with E-state index in [-0.39, 0.29) is 5.75 Å². The first-order valence-electron chi connectivity index (χ1n) is 3.82. The molecule has 0 spiro atoms. The fourth-order valence-electron chi connectivity index (χ4n) is 1.01. The predicted octanol–water partition coefficient (Wildman–Crippen LogP) is 0.408. The monoisotopic (exact) mass is 166 g/mol. The number of aromatic hydroxyl groups is 1. The molecule has 64 valence electrons. The van der Waals surface area contributed by atoms with Crippen LogP contribution >= 0.6 is 0 Å². The van der Waals surface area contributed by atoms with Crippen molar-refractivity contribution in [1.82, 2.24) is 0 Å². The maximum atomic E-state index is 9.05. The highest BCUT2D eigenvalue weighted by Crippen LogP contribution is 2.12. The lowest BCUT2D eigenvalue weighted by molar-refractivity contribution is 0.405. The first-order chi connectivity index (χ1) is 5.68. The normalized spacial score (nSPS) is 9.83. The maximum Gasteiger partial charge on any atom is 0.451 e. The van der Waals surface area contributed by atoms with Gasteiger partial charge in [0, 0.05) is 0 Å². The van der Waals surface area contributed by atoms with Crippen molar-refractivity contribution in [1.29, 1.82) is 0 Å². The van der Waals surface area contributed by atoms with Crippen molar-refractivity contribution in [2.75, 3.05) is 0 Å². The molecule has 0 saturated carbocycles. The van der Waals surface area contributed by atoms with E-state index in [1.807, 2.05) is 6.07 Å². The molecule has 0 fully saturated rings. The Labute approximate surface area is 71.4 Å². The lowest BCUT2D eigenvalue weighted by Crippen LogP contribution is -2.10. The lowest BCUT2D eigenvalue weighted by Gasteiger charge is -2.00. The van der Waals surface area contributed by atoms with Crippen molar-refractivity contribution in [2.45, 2.75) is 12.7 Å². The summed E-state index contributed by atoms with van der Waals surface area (Å²) in [5, 5.41) is 26.2. The van der Waals surface area contributed by atoms with Crippen LogP contribution in [0.5, 0.6) is 5.75 Å². The number of benzene rings is 1. The third-order valence-electron chi connectivity index (χ3n) is 1.60. The summed E-state index contributed by atoms with van der Waals surface area (Å²) in [4.78, 5) is 0. The zero-order valence-electron chi connectivity index (χ0n) is 6.64. The van der Waals surface area contributed by atoms with Gasteiger partial charge < -0.3 is 15.2 Å². The van der Waals surface area contributed by atoms with Gasteiger partial charge in [0.05, 0.1) is 0 Å². The molecule has 3 N–H and O–H groups in total. The van der Waals surface area contributed by atoms with E-state index in [4.69, 9.17) is 15.2 Å².